The number of fused-ring (bicyclic) bond motifs is 5. The normalized spacial score (nSPS) is 24.8. The number of benzene rings is 3. The van der Waals surface area contributed by atoms with E-state index >= 15 is 0 Å². The maximum absolute atomic E-state index is 13.8. The highest BCUT2D eigenvalue weighted by molar-refractivity contribution is 6.36. The third-order valence-corrected chi connectivity index (χ3v) is 7.52. The molecule has 7 heteroatoms. The van der Waals surface area contributed by atoms with Gasteiger partial charge in [0.2, 0.25) is 11.8 Å². The van der Waals surface area contributed by atoms with Crippen molar-refractivity contribution in [2.24, 2.45) is 11.8 Å². The predicted molar refractivity (Wildman–Crippen MR) is 131 cm³/mol. The van der Waals surface area contributed by atoms with Crippen LogP contribution in [0.15, 0.2) is 79.0 Å². The molecule has 3 aromatic carbocycles. The van der Waals surface area contributed by atoms with Crippen LogP contribution >= 0.6 is 23.2 Å². The number of hydrogen-bond acceptors (Lipinski definition) is 4. The fraction of sp³-hybridized carbons (Fsp3) is 0.148. The van der Waals surface area contributed by atoms with Gasteiger partial charge in [0.25, 0.3) is 0 Å². The van der Waals surface area contributed by atoms with E-state index in [2.05, 4.69) is 0 Å². The number of anilines is 1. The molecule has 0 radical (unpaired) electrons. The number of hydrogen-bond donors (Lipinski definition) is 0. The van der Waals surface area contributed by atoms with Crippen LogP contribution < -0.4 is 4.90 Å². The summed E-state index contributed by atoms with van der Waals surface area (Å²) in [5.74, 6) is -2.52. The standard InChI is InChI=1S/C27H18Cl2N2O3/c28-17-11-9-16(10-12-17)25(32)24-22-21(23-18-6-2-1-5-15(18)13-14-30(23)24)26(33)31(27(22)34)20-8-4-3-7-19(20)29/h1-14,21-24H/t21-,22+,23?,24-/m1/s1. The third kappa shape index (κ3) is 2.97. The van der Waals surface area contributed by atoms with Gasteiger partial charge < -0.3 is 4.90 Å². The van der Waals surface area contributed by atoms with Crippen molar-refractivity contribution in [2.45, 2.75) is 12.1 Å². The molecule has 0 spiro atoms. The number of amides is 2. The van der Waals surface area contributed by atoms with E-state index in [9.17, 15) is 14.4 Å². The Bertz CT molecular complexity index is 1380. The van der Waals surface area contributed by atoms with E-state index in [1.54, 1.807) is 48.5 Å². The first kappa shape index (κ1) is 21.1. The van der Waals surface area contributed by atoms with Gasteiger partial charge in [0.1, 0.15) is 6.04 Å². The number of ketones is 1. The van der Waals surface area contributed by atoms with Crippen LogP contribution in [0.25, 0.3) is 6.08 Å². The highest BCUT2D eigenvalue weighted by Gasteiger charge is 2.64. The Labute approximate surface area is 206 Å². The maximum Gasteiger partial charge on any atom is 0.240 e. The van der Waals surface area contributed by atoms with E-state index in [4.69, 9.17) is 23.2 Å². The molecule has 2 fully saturated rings. The predicted octanol–water partition coefficient (Wildman–Crippen LogP) is 5.39. The summed E-state index contributed by atoms with van der Waals surface area (Å²) < 4.78 is 0. The number of halogens is 2. The third-order valence-electron chi connectivity index (χ3n) is 6.95. The minimum Gasteiger partial charge on any atom is -0.358 e. The molecule has 2 saturated heterocycles. The Morgan fingerprint density at radius 2 is 1.47 bits per heavy atom. The Balaban J connectivity index is 1.51. The Morgan fingerprint density at radius 3 is 2.24 bits per heavy atom. The fourth-order valence-corrected chi connectivity index (χ4v) is 5.86. The summed E-state index contributed by atoms with van der Waals surface area (Å²) in [6.45, 7) is 0. The van der Waals surface area contributed by atoms with Gasteiger partial charge in [-0.05, 0) is 53.6 Å². The van der Waals surface area contributed by atoms with Crippen LogP contribution in [0.4, 0.5) is 5.69 Å². The van der Waals surface area contributed by atoms with E-state index in [-0.39, 0.29) is 11.7 Å². The summed E-state index contributed by atoms with van der Waals surface area (Å²) in [4.78, 5) is 44.5. The van der Waals surface area contributed by atoms with Gasteiger partial charge in [0.05, 0.1) is 28.6 Å². The molecule has 0 aliphatic carbocycles. The molecule has 5 nitrogen and oxygen atoms in total. The van der Waals surface area contributed by atoms with E-state index < -0.39 is 29.8 Å². The summed E-state index contributed by atoms with van der Waals surface area (Å²) in [6, 6.07) is 19.9. The van der Waals surface area contributed by atoms with Crippen molar-refractivity contribution >= 4 is 52.6 Å². The minimum absolute atomic E-state index is 0.222. The summed E-state index contributed by atoms with van der Waals surface area (Å²) in [5, 5.41) is 0.827. The molecular weight excluding hydrogens is 471 g/mol. The van der Waals surface area contributed by atoms with Crippen molar-refractivity contribution in [3.8, 4) is 0 Å². The monoisotopic (exact) mass is 488 g/mol. The molecule has 3 aliphatic rings. The molecule has 4 atom stereocenters. The molecule has 3 heterocycles. The van der Waals surface area contributed by atoms with Crippen LogP contribution in [0.3, 0.4) is 0 Å². The molecule has 0 saturated carbocycles. The molecule has 0 bridgehead atoms. The zero-order valence-electron chi connectivity index (χ0n) is 17.8. The summed E-state index contributed by atoms with van der Waals surface area (Å²) in [6.07, 6.45) is 3.76. The maximum atomic E-state index is 13.8. The fourth-order valence-electron chi connectivity index (χ4n) is 5.51. The second-order valence-corrected chi connectivity index (χ2v) is 9.51. The molecule has 168 valence electrons. The molecule has 6 rings (SSSR count). The minimum atomic E-state index is -0.840. The van der Waals surface area contributed by atoms with E-state index in [1.807, 2.05) is 41.4 Å². The molecule has 34 heavy (non-hydrogen) atoms. The van der Waals surface area contributed by atoms with Gasteiger partial charge in [-0.25, -0.2) is 4.90 Å². The number of carbonyl (C=O) groups excluding carboxylic acids is 3. The zero-order chi connectivity index (χ0) is 23.6. The van der Waals surface area contributed by atoms with Crippen molar-refractivity contribution in [3.63, 3.8) is 0 Å². The molecule has 0 aromatic heterocycles. The number of carbonyl (C=O) groups is 3. The largest absolute Gasteiger partial charge is 0.358 e. The second-order valence-electron chi connectivity index (χ2n) is 8.67. The highest BCUT2D eigenvalue weighted by Crippen LogP contribution is 2.54. The van der Waals surface area contributed by atoms with Crippen molar-refractivity contribution in [1.82, 2.24) is 4.90 Å². The van der Waals surface area contributed by atoms with E-state index in [0.717, 1.165) is 16.0 Å². The van der Waals surface area contributed by atoms with E-state index in [1.165, 1.54) is 0 Å². The van der Waals surface area contributed by atoms with Gasteiger partial charge in [-0.2, -0.15) is 0 Å². The summed E-state index contributed by atoms with van der Waals surface area (Å²) in [5.41, 5.74) is 2.68. The lowest BCUT2D eigenvalue weighted by molar-refractivity contribution is -0.123. The topological polar surface area (TPSA) is 57.7 Å². The summed E-state index contributed by atoms with van der Waals surface area (Å²) in [7, 11) is 0. The number of rotatable bonds is 3. The van der Waals surface area contributed by atoms with Crippen LogP contribution in [-0.2, 0) is 9.59 Å². The second kappa shape index (κ2) is 7.83. The zero-order valence-corrected chi connectivity index (χ0v) is 19.3. The van der Waals surface area contributed by atoms with Gasteiger partial charge in [0, 0.05) is 16.8 Å². The van der Waals surface area contributed by atoms with Gasteiger partial charge in [-0.1, -0.05) is 59.6 Å². The SMILES string of the molecule is O=C(c1ccc(Cl)cc1)[C@H]1[C@H]2C(=O)N(c3ccccc3Cl)C(=O)[C@H]2C2c3ccccc3C=CN21. The Kier molecular flexibility index (Phi) is 4.87. The molecule has 0 N–H and O–H groups in total. The quantitative estimate of drug-likeness (QED) is 0.366. The first-order valence-electron chi connectivity index (χ1n) is 10.9. The molecule has 3 aliphatic heterocycles. The average Bonchev–Trinajstić information content (AvgIpc) is 3.32. The van der Waals surface area contributed by atoms with Crippen LogP contribution in [0.5, 0.6) is 0 Å². The Morgan fingerprint density at radius 1 is 0.794 bits per heavy atom. The van der Waals surface area contributed by atoms with Crippen LogP contribution in [0.1, 0.15) is 27.5 Å². The number of nitrogens with zero attached hydrogens (tertiary/aromatic N) is 2. The van der Waals surface area contributed by atoms with Crippen molar-refractivity contribution in [3.05, 3.63) is 106 Å². The van der Waals surface area contributed by atoms with Gasteiger partial charge >= 0.3 is 0 Å². The summed E-state index contributed by atoms with van der Waals surface area (Å²) >= 11 is 12.4. The van der Waals surface area contributed by atoms with E-state index in [0.29, 0.717) is 21.3 Å². The molecule has 3 aromatic rings. The molecule has 2 amide bonds. The smallest absolute Gasteiger partial charge is 0.240 e. The number of imide groups is 1. The first-order valence-corrected chi connectivity index (χ1v) is 11.7. The van der Waals surface area contributed by atoms with Crippen molar-refractivity contribution < 1.29 is 14.4 Å². The number of para-hydroxylation sites is 1. The lowest BCUT2D eigenvalue weighted by Gasteiger charge is -2.35. The lowest BCUT2D eigenvalue weighted by atomic mass is 9.83. The Hall–Kier alpha value is -3.41. The molecule has 1 unspecified atom stereocenters. The van der Waals surface area contributed by atoms with Crippen molar-refractivity contribution in [1.29, 1.82) is 0 Å². The van der Waals surface area contributed by atoms with Crippen LogP contribution in [0, 0.1) is 11.8 Å². The van der Waals surface area contributed by atoms with Crippen molar-refractivity contribution in [2.75, 3.05) is 4.90 Å². The lowest BCUT2D eigenvalue weighted by Crippen LogP contribution is -2.44. The first-order chi connectivity index (χ1) is 16.5. The van der Waals surface area contributed by atoms with Gasteiger partial charge in [0.15, 0.2) is 5.78 Å². The average molecular weight is 489 g/mol. The van der Waals surface area contributed by atoms with Crippen LogP contribution in [0.2, 0.25) is 10.0 Å². The van der Waals surface area contributed by atoms with Gasteiger partial charge in [-0.15, -0.1) is 0 Å². The molecular formula is C27H18Cl2N2O3. The number of Topliss-reactive ketones (excluding diaryl/α,β-unsaturated/α-hetero) is 1. The van der Waals surface area contributed by atoms with Crippen LogP contribution in [-0.4, -0.2) is 28.5 Å². The highest BCUT2D eigenvalue weighted by atomic mass is 35.5. The van der Waals surface area contributed by atoms with Gasteiger partial charge in [-0.3, -0.25) is 14.4 Å².